The second kappa shape index (κ2) is 59.1. The lowest BCUT2D eigenvalue weighted by Gasteiger charge is -2.21. The van der Waals surface area contributed by atoms with E-state index >= 15 is 0 Å². The van der Waals surface area contributed by atoms with Crippen LogP contribution in [-0.2, 0) is 4.79 Å². The number of aliphatic hydroxyl groups is 3. The normalized spacial score (nSPS) is 13.4. The fourth-order valence-electron chi connectivity index (χ4n) is 9.88. The fraction of sp³-hybridized carbons (Fsp3) is 0.891. The van der Waals surface area contributed by atoms with E-state index in [0.29, 0.717) is 6.42 Å². The second-order valence-electron chi connectivity index (χ2n) is 21.7. The summed E-state index contributed by atoms with van der Waals surface area (Å²) in [5, 5.41) is 33.5. The zero-order chi connectivity index (χ0) is 50.0. The van der Waals surface area contributed by atoms with Crippen LogP contribution in [0.1, 0.15) is 341 Å². The Labute approximate surface area is 432 Å². The molecule has 0 radical (unpaired) electrons. The molecule has 0 saturated carbocycles. The van der Waals surface area contributed by atoms with Gasteiger partial charge in [0.2, 0.25) is 5.91 Å². The first-order valence-electron chi connectivity index (χ1n) is 31.3. The average molecular weight is 971 g/mol. The molecule has 0 aliphatic heterocycles. The molecule has 0 aliphatic rings. The van der Waals surface area contributed by atoms with Crippen molar-refractivity contribution in [3.05, 3.63) is 36.5 Å². The molecule has 69 heavy (non-hydrogen) atoms. The smallest absolute Gasteiger partial charge is 0.222 e. The SMILES string of the molecule is CCCCCCCCCCCCCCCC/C=C\CCCCCCCCCCCCCCCCCC(O)CC(=O)NC(CO)C(O)/C=C/CC/C=C/CCCCCCCCCCCCCCCCC. The molecule has 0 fully saturated rings. The third-order valence-corrected chi connectivity index (χ3v) is 14.6. The molecule has 408 valence electrons. The molecule has 0 heterocycles. The maximum atomic E-state index is 12.5. The Bertz CT molecular complexity index is 1070. The number of carbonyl (C=O) groups is 1. The van der Waals surface area contributed by atoms with Gasteiger partial charge in [0.1, 0.15) is 0 Å². The van der Waals surface area contributed by atoms with Gasteiger partial charge in [0, 0.05) is 0 Å². The summed E-state index contributed by atoms with van der Waals surface area (Å²) in [7, 11) is 0. The predicted octanol–water partition coefficient (Wildman–Crippen LogP) is 19.8. The van der Waals surface area contributed by atoms with Crippen molar-refractivity contribution in [2.75, 3.05) is 6.61 Å². The van der Waals surface area contributed by atoms with Crippen molar-refractivity contribution >= 4 is 5.91 Å². The Morgan fingerprint density at radius 1 is 0.362 bits per heavy atom. The van der Waals surface area contributed by atoms with Gasteiger partial charge in [-0.3, -0.25) is 4.79 Å². The molecular weight excluding hydrogens is 847 g/mol. The first-order valence-corrected chi connectivity index (χ1v) is 31.3. The number of carbonyl (C=O) groups excluding carboxylic acids is 1. The van der Waals surface area contributed by atoms with Gasteiger partial charge in [0.25, 0.3) is 0 Å². The van der Waals surface area contributed by atoms with Crippen molar-refractivity contribution in [2.45, 2.75) is 360 Å². The van der Waals surface area contributed by atoms with Crippen LogP contribution in [0.15, 0.2) is 36.5 Å². The molecule has 0 aliphatic carbocycles. The van der Waals surface area contributed by atoms with E-state index in [0.717, 1.165) is 32.1 Å². The number of aliphatic hydroxyl groups excluding tert-OH is 3. The van der Waals surface area contributed by atoms with Crippen molar-refractivity contribution in [1.29, 1.82) is 0 Å². The highest BCUT2D eigenvalue weighted by molar-refractivity contribution is 5.76. The van der Waals surface area contributed by atoms with Crippen LogP contribution in [0.2, 0.25) is 0 Å². The number of hydrogen-bond donors (Lipinski definition) is 4. The van der Waals surface area contributed by atoms with Crippen molar-refractivity contribution < 1.29 is 20.1 Å². The van der Waals surface area contributed by atoms with Gasteiger partial charge in [-0.25, -0.2) is 0 Å². The van der Waals surface area contributed by atoms with E-state index < -0.39 is 18.2 Å². The zero-order valence-electron chi connectivity index (χ0n) is 46.7. The summed E-state index contributed by atoms with van der Waals surface area (Å²) < 4.78 is 0. The Morgan fingerprint density at radius 2 is 0.623 bits per heavy atom. The van der Waals surface area contributed by atoms with Crippen molar-refractivity contribution in [1.82, 2.24) is 5.32 Å². The van der Waals surface area contributed by atoms with Gasteiger partial charge in [-0.05, 0) is 57.8 Å². The Balaban J connectivity index is 3.53. The Hall–Kier alpha value is -1.43. The molecule has 0 rings (SSSR count). The van der Waals surface area contributed by atoms with E-state index in [4.69, 9.17) is 0 Å². The van der Waals surface area contributed by atoms with Crippen molar-refractivity contribution in [3.63, 3.8) is 0 Å². The summed E-state index contributed by atoms with van der Waals surface area (Å²) in [6, 6.07) is -0.761. The van der Waals surface area contributed by atoms with Crippen molar-refractivity contribution in [3.8, 4) is 0 Å². The summed E-state index contributed by atoms with van der Waals surface area (Å²) in [4.78, 5) is 12.5. The highest BCUT2D eigenvalue weighted by atomic mass is 16.3. The van der Waals surface area contributed by atoms with E-state index in [2.05, 4.69) is 43.5 Å². The molecule has 5 heteroatoms. The molecule has 0 aromatic heterocycles. The lowest BCUT2D eigenvalue weighted by Crippen LogP contribution is -2.45. The molecule has 5 nitrogen and oxygen atoms in total. The predicted molar refractivity (Wildman–Crippen MR) is 305 cm³/mol. The van der Waals surface area contributed by atoms with Crippen LogP contribution < -0.4 is 5.32 Å². The Kier molecular flexibility index (Phi) is 57.9. The first-order chi connectivity index (χ1) is 34.0. The summed E-state index contributed by atoms with van der Waals surface area (Å²) >= 11 is 0. The topological polar surface area (TPSA) is 89.8 Å². The van der Waals surface area contributed by atoms with Gasteiger partial charge in [-0.2, -0.15) is 0 Å². The van der Waals surface area contributed by atoms with Gasteiger partial charge in [-0.15, -0.1) is 0 Å². The summed E-state index contributed by atoms with van der Waals surface area (Å²) in [5.41, 5.74) is 0. The van der Waals surface area contributed by atoms with Gasteiger partial charge in [-0.1, -0.05) is 314 Å². The van der Waals surface area contributed by atoms with E-state index in [1.54, 1.807) is 6.08 Å². The maximum Gasteiger partial charge on any atom is 0.222 e. The molecule has 1 amide bonds. The number of hydrogen-bond acceptors (Lipinski definition) is 4. The van der Waals surface area contributed by atoms with Crippen LogP contribution in [0.5, 0.6) is 0 Å². The van der Waals surface area contributed by atoms with Crippen LogP contribution >= 0.6 is 0 Å². The summed E-state index contributed by atoms with van der Waals surface area (Å²) in [6.07, 6.45) is 78.0. The van der Waals surface area contributed by atoms with Crippen LogP contribution in [0.4, 0.5) is 0 Å². The lowest BCUT2D eigenvalue weighted by atomic mass is 10.0. The van der Waals surface area contributed by atoms with Crippen LogP contribution in [0.25, 0.3) is 0 Å². The molecule has 0 saturated heterocycles. The number of rotatable bonds is 58. The zero-order valence-corrected chi connectivity index (χ0v) is 46.7. The Morgan fingerprint density at radius 3 is 0.928 bits per heavy atom. The van der Waals surface area contributed by atoms with Crippen LogP contribution in [0, 0.1) is 0 Å². The molecule has 3 atom stereocenters. The minimum Gasteiger partial charge on any atom is -0.394 e. The average Bonchev–Trinajstić information content (AvgIpc) is 3.35. The number of nitrogens with one attached hydrogen (secondary N) is 1. The van der Waals surface area contributed by atoms with E-state index in [9.17, 15) is 20.1 Å². The highest BCUT2D eigenvalue weighted by Gasteiger charge is 2.20. The largest absolute Gasteiger partial charge is 0.394 e. The standard InChI is InChI=1S/C64H123NO4/c1-3-5-7-9-11-13-15-17-19-21-23-25-26-27-28-29-30-31-32-33-34-35-36-38-39-41-43-45-47-49-51-53-55-57-61(67)59-64(69)65-62(60-66)63(68)58-56-54-52-50-48-46-44-42-40-37-24-22-20-18-16-14-12-10-8-6-4-2/h29-30,48,50,56,58,61-63,66-68H,3-28,31-47,49,51-55,57,59-60H2,1-2H3,(H,65,69)/b30-29-,50-48+,58-56+. The van der Waals surface area contributed by atoms with Gasteiger partial charge in [0.05, 0.1) is 31.3 Å². The minimum absolute atomic E-state index is 0.00825. The third kappa shape index (κ3) is 55.7. The minimum atomic E-state index is -0.952. The van der Waals surface area contributed by atoms with Crippen LogP contribution in [0.3, 0.4) is 0 Å². The molecule has 0 bridgehead atoms. The second-order valence-corrected chi connectivity index (χ2v) is 21.7. The fourth-order valence-corrected chi connectivity index (χ4v) is 9.88. The monoisotopic (exact) mass is 970 g/mol. The first kappa shape index (κ1) is 67.6. The molecule has 3 unspecified atom stereocenters. The summed E-state index contributed by atoms with van der Waals surface area (Å²) in [6.45, 7) is 4.24. The quantitative estimate of drug-likeness (QED) is 0.0361. The molecule has 4 N–H and O–H groups in total. The third-order valence-electron chi connectivity index (χ3n) is 14.6. The number of amides is 1. The van der Waals surface area contributed by atoms with Gasteiger partial charge in [0.15, 0.2) is 0 Å². The molecule has 0 spiro atoms. The summed E-state index contributed by atoms with van der Waals surface area (Å²) in [5.74, 6) is -0.320. The van der Waals surface area contributed by atoms with Gasteiger partial charge < -0.3 is 20.6 Å². The van der Waals surface area contributed by atoms with E-state index in [-0.39, 0.29) is 18.9 Å². The van der Waals surface area contributed by atoms with E-state index in [1.165, 1.54) is 283 Å². The molecule has 0 aromatic rings. The molecule has 0 aromatic carbocycles. The van der Waals surface area contributed by atoms with Gasteiger partial charge >= 0.3 is 0 Å². The van der Waals surface area contributed by atoms with Crippen LogP contribution in [-0.4, -0.2) is 46.1 Å². The molecular formula is C64H123NO4. The van der Waals surface area contributed by atoms with Crippen molar-refractivity contribution in [2.24, 2.45) is 0 Å². The maximum absolute atomic E-state index is 12.5. The number of unbranched alkanes of at least 4 members (excludes halogenated alkanes) is 45. The highest BCUT2D eigenvalue weighted by Crippen LogP contribution is 2.18. The number of allylic oxidation sites excluding steroid dienone is 5. The van der Waals surface area contributed by atoms with E-state index in [1.807, 2.05) is 6.08 Å². The lowest BCUT2D eigenvalue weighted by molar-refractivity contribution is -0.124.